The van der Waals surface area contributed by atoms with Crippen LogP contribution in [0.25, 0.3) is 0 Å². The molecule has 0 spiro atoms. The van der Waals surface area contributed by atoms with Gasteiger partial charge >= 0.3 is 0 Å². The van der Waals surface area contributed by atoms with Crippen LogP contribution in [0.3, 0.4) is 0 Å². The molecule has 0 aliphatic heterocycles. The van der Waals surface area contributed by atoms with E-state index < -0.39 is 0 Å². The van der Waals surface area contributed by atoms with E-state index in [1.54, 1.807) is 18.2 Å². The van der Waals surface area contributed by atoms with E-state index in [0.29, 0.717) is 11.6 Å². The molecule has 1 aromatic carbocycles. The molecule has 1 aliphatic rings. The first kappa shape index (κ1) is 12.2. The lowest BCUT2D eigenvalue weighted by atomic mass is 10.1. The van der Waals surface area contributed by atoms with E-state index in [-0.39, 0.29) is 17.7 Å². The van der Waals surface area contributed by atoms with Gasteiger partial charge in [0.25, 0.3) is 0 Å². The smallest absolute Gasteiger partial charge is 0.120 e. The molecule has 0 aromatic heterocycles. The molecule has 0 amide bonds. The molecule has 1 aromatic rings. The number of rotatable bonds is 3. The van der Waals surface area contributed by atoms with Crippen molar-refractivity contribution in [1.82, 2.24) is 5.32 Å². The minimum Gasteiger partial charge on any atom is -0.508 e. The van der Waals surface area contributed by atoms with Gasteiger partial charge in [-0.15, -0.1) is 0 Å². The maximum atomic E-state index is 9.67. The van der Waals surface area contributed by atoms with Crippen molar-refractivity contribution in [2.75, 3.05) is 0 Å². The number of benzene rings is 1. The van der Waals surface area contributed by atoms with Crippen molar-refractivity contribution in [3.8, 4) is 11.8 Å². The Morgan fingerprint density at radius 3 is 3.06 bits per heavy atom. The van der Waals surface area contributed by atoms with Crippen molar-refractivity contribution in [2.45, 2.75) is 31.8 Å². The topological polar surface area (TPSA) is 56.0 Å². The average molecular weight is 251 g/mol. The van der Waals surface area contributed by atoms with Crippen molar-refractivity contribution in [2.24, 2.45) is 5.92 Å². The summed E-state index contributed by atoms with van der Waals surface area (Å²) < 4.78 is 0. The standard InChI is InChI=1S/C13H15ClN2O/c14-11-4-5-13(17)10(6-11)8-16-12-3-1-2-9(12)7-15/h4-6,9,12,16-17H,1-3,8H2. The largest absolute Gasteiger partial charge is 0.508 e. The summed E-state index contributed by atoms with van der Waals surface area (Å²) in [5.41, 5.74) is 0.779. The summed E-state index contributed by atoms with van der Waals surface area (Å²) in [6, 6.07) is 7.56. The molecular formula is C13H15ClN2O. The zero-order chi connectivity index (χ0) is 12.3. The van der Waals surface area contributed by atoms with Crippen LogP contribution in [-0.4, -0.2) is 11.1 Å². The van der Waals surface area contributed by atoms with Gasteiger partial charge in [-0.05, 0) is 31.0 Å². The Kier molecular flexibility index (Phi) is 3.88. The highest BCUT2D eigenvalue weighted by Gasteiger charge is 2.26. The third-order valence-electron chi connectivity index (χ3n) is 3.28. The molecule has 0 saturated heterocycles. The predicted octanol–water partition coefficient (Wildman–Crippen LogP) is 2.83. The second-order valence-electron chi connectivity index (χ2n) is 4.43. The van der Waals surface area contributed by atoms with Gasteiger partial charge in [-0.2, -0.15) is 5.26 Å². The van der Waals surface area contributed by atoms with Crippen LogP contribution in [-0.2, 0) is 6.54 Å². The van der Waals surface area contributed by atoms with Crippen molar-refractivity contribution < 1.29 is 5.11 Å². The predicted molar refractivity (Wildman–Crippen MR) is 66.7 cm³/mol. The summed E-state index contributed by atoms with van der Waals surface area (Å²) in [4.78, 5) is 0. The first-order valence-corrected chi connectivity index (χ1v) is 6.19. The van der Waals surface area contributed by atoms with Gasteiger partial charge in [0.15, 0.2) is 0 Å². The van der Waals surface area contributed by atoms with Crippen LogP contribution in [0.2, 0.25) is 5.02 Å². The minimum atomic E-state index is 0.0938. The lowest BCUT2D eigenvalue weighted by molar-refractivity contribution is 0.440. The number of halogens is 1. The number of hydrogen-bond acceptors (Lipinski definition) is 3. The minimum absolute atomic E-state index is 0.0938. The van der Waals surface area contributed by atoms with E-state index in [4.69, 9.17) is 16.9 Å². The summed E-state index contributed by atoms with van der Waals surface area (Å²) in [6.07, 6.45) is 3.09. The molecule has 2 unspecified atom stereocenters. The molecule has 0 radical (unpaired) electrons. The Balaban J connectivity index is 1.98. The van der Waals surface area contributed by atoms with Crippen LogP contribution in [0.1, 0.15) is 24.8 Å². The Labute approximate surface area is 106 Å². The monoisotopic (exact) mass is 250 g/mol. The van der Waals surface area contributed by atoms with Crippen LogP contribution in [0.15, 0.2) is 18.2 Å². The number of nitrogens with one attached hydrogen (secondary N) is 1. The molecule has 3 nitrogen and oxygen atoms in total. The third kappa shape index (κ3) is 2.91. The highest BCUT2D eigenvalue weighted by Crippen LogP contribution is 2.26. The number of aromatic hydroxyl groups is 1. The van der Waals surface area contributed by atoms with Crippen LogP contribution in [0.5, 0.6) is 5.75 Å². The zero-order valence-electron chi connectivity index (χ0n) is 9.49. The van der Waals surface area contributed by atoms with E-state index >= 15 is 0 Å². The fourth-order valence-electron chi connectivity index (χ4n) is 2.30. The number of phenols is 1. The van der Waals surface area contributed by atoms with E-state index in [9.17, 15) is 5.11 Å². The molecule has 2 N–H and O–H groups in total. The number of nitrogens with zero attached hydrogens (tertiary/aromatic N) is 1. The van der Waals surface area contributed by atoms with Crippen molar-refractivity contribution in [1.29, 1.82) is 5.26 Å². The zero-order valence-corrected chi connectivity index (χ0v) is 10.2. The van der Waals surface area contributed by atoms with E-state index in [0.717, 1.165) is 24.8 Å². The molecule has 4 heteroatoms. The summed E-state index contributed by atoms with van der Waals surface area (Å²) in [7, 11) is 0. The highest BCUT2D eigenvalue weighted by molar-refractivity contribution is 6.30. The van der Waals surface area contributed by atoms with Crippen LogP contribution in [0, 0.1) is 17.2 Å². The van der Waals surface area contributed by atoms with Gasteiger partial charge in [-0.3, -0.25) is 0 Å². The van der Waals surface area contributed by atoms with Crippen LogP contribution < -0.4 is 5.32 Å². The maximum absolute atomic E-state index is 9.67. The first-order valence-electron chi connectivity index (χ1n) is 5.81. The molecule has 1 saturated carbocycles. The first-order chi connectivity index (χ1) is 8.20. The van der Waals surface area contributed by atoms with Crippen molar-refractivity contribution >= 4 is 11.6 Å². The van der Waals surface area contributed by atoms with Gasteiger partial charge in [-0.25, -0.2) is 0 Å². The molecule has 2 rings (SSSR count). The molecule has 0 heterocycles. The second-order valence-corrected chi connectivity index (χ2v) is 4.86. The van der Waals surface area contributed by atoms with Gasteiger partial charge in [0, 0.05) is 23.2 Å². The third-order valence-corrected chi connectivity index (χ3v) is 3.51. The maximum Gasteiger partial charge on any atom is 0.120 e. The van der Waals surface area contributed by atoms with Crippen LogP contribution >= 0.6 is 11.6 Å². The van der Waals surface area contributed by atoms with Gasteiger partial charge < -0.3 is 10.4 Å². The molecule has 1 aliphatic carbocycles. The second kappa shape index (κ2) is 5.39. The summed E-state index contributed by atoms with van der Waals surface area (Å²) in [5.74, 6) is 0.338. The lowest BCUT2D eigenvalue weighted by Crippen LogP contribution is -2.31. The Hall–Kier alpha value is -1.24. The molecule has 1 fully saturated rings. The average Bonchev–Trinajstić information content (AvgIpc) is 2.77. The Bertz CT molecular complexity index is 442. The normalized spacial score (nSPS) is 23.5. The fraction of sp³-hybridized carbons (Fsp3) is 0.462. The van der Waals surface area contributed by atoms with Crippen molar-refractivity contribution in [3.63, 3.8) is 0 Å². The summed E-state index contributed by atoms with van der Waals surface area (Å²) in [5, 5.41) is 22.6. The lowest BCUT2D eigenvalue weighted by Gasteiger charge is -2.16. The molecule has 17 heavy (non-hydrogen) atoms. The van der Waals surface area contributed by atoms with Crippen molar-refractivity contribution in [3.05, 3.63) is 28.8 Å². The number of phenolic OH excluding ortho intramolecular Hbond substituents is 1. The van der Waals surface area contributed by atoms with E-state index in [1.165, 1.54) is 0 Å². The SMILES string of the molecule is N#CC1CCCC1NCc1cc(Cl)ccc1O. The van der Waals surface area contributed by atoms with Crippen LogP contribution in [0.4, 0.5) is 0 Å². The number of hydrogen-bond donors (Lipinski definition) is 2. The number of nitriles is 1. The van der Waals surface area contributed by atoms with E-state index in [1.807, 2.05) is 0 Å². The highest BCUT2D eigenvalue weighted by atomic mass is 35.5. The Morgan fingerprint density at radius 2 is 2.29 bits per heavy atom. The fourth-order valence-corrected chi connectivity index (χ4v) is 2.49. The van der Waals surface area contributed by atoms with Gasteiger partial charge in [0.05, 0.1) is 12.0 Å². The molecule has 0 bridgehead atoms. The quantitative estimate of drug-likeness (QED) is 0.867. The molecule has 90 valence electrons. The molecule has 2 atom stereocenters. The van der Waals surface area contributed by atoms with Gasteiger partial charge in [0.1, 0.15) is 5.75 Å². The van der Waals surface area contributed by atoms with E-state index in [2.05, 4.69) is 11.4 Å². The summed E-state index contributed by atoms with van der Waals surface area (Å²) >= 11 is 5.88. The van der Waals surface area contributed by atoms with Gasteiger partial charge in [0.2, 0.25) is 0 Å². The Morgan fingerprint density at radius 1 is 1.47 bits per heavy atom. The molecular weight excluding hydrogens is 236 g/mol. The summed E-state index contributed by atoms with van der Waals surface area (Å²) in [6.45, 7) is 0.551. The van der Waals surface area contributed by atoms with Gasteiger partial charge in [-0.1, -0.05) is 18.0 Å².